The van der Waals surface area contributed by atoms with Crippen LogP contribution < -0.4 is 5.32 Å². The Bertz CT molecular complexity index is 430. The first kappa shape index (κ1) is 13.5. The summed E-state index contributed by atoms with van der Waals surface area (Å²) in [5, 5.41) is 3.89. The molecule has 2 rings (SSSR count). The predicted molar refractivity (Wildman–Crippen MR) is 73.2 cm³/mol. The van der Waals surface area contributed by atoms with Crippen LogP contribution in [-0.4, -0.2) is 16.8 Å². The molecule has 1 amide bonds. The molecule has 0 heterocycles. The summed E-state index contributed by atoms with van der Waals surface area (Å²) in [6.45, 7) is 0. The minimum absolute atomic E-state index is 0.0260. The van der Waals surface area contributed by atoms with Gasteiger partial charge in [-0.05, 0) is 30.5 Å². The topological polar surface area (TPSA) is 29.1 Å². The first-order valence-corrected chi connectivity index (χ1v) is 7.37. The van der Waals surface area contributed by atoms with Crippen LogP contribution in [0.1, 0.15) is 31.2 Å². The zero-order chi connectivity index (χ0) is 13.0. The molecule has 4 heteroatoms. The Hall–Kier alpha value is -0.900. The minimum Gasteiger partial charge on any atom is -0.350 e. The molecule has 0 radical (unpaired) electrons. The summed E-state index contributed by atoms with van der Waals surface area (Å²) >= 11 is 3.48. The summed E-state index contributed by atoms with van der Waals surface area (Å²) in [7, 11) is 0. The fraction of sp³-hybridized carbons (Fsp3) is 0.500. The summed E-state index contributed by atoms with van der Waals surface area (Å²) in [5.74, 6) is -0.321. The summed E-state index contributed by atoms with van der Waals surface area (Å²) in [6.07, 6.45) is 4.60. The van der Waals surface area contributed by atoms with Gasteiger partial charge in [-0.1, -0.05) is 40.9 Å². The van der Waals surface area contributed by atoms with Gasteiger partial charge in [0.05, 0.1) is 6.42 Å². The summed E-state index contributed by atoms with van der Waals surface area (Å²) in [5.41, 5.74) is 0.625. The predicted octanol–water partition coefficient (Wildman–Crippen LogP) is 3.19. The average Bonchev–Trinajstić information content (AvgIpc) is 2.78. The highest BCUT2D eigenvalue weighted by molar-refractivity contribution is 9.09. The Balaban J connectivity index is 1.96. The van der Waals surface area contributed by atoms with E-state index in [1.807, 2.05) is 0 Å². The van der Waals surface area contributed by atoms with Crippen molar-refractivity contribution >= 4 is 21.8 Å². The Morgan fingerprint density at radius 2 is 2.11 bits per heavy atom. The van der Waals surface area contributed by atoms with E-state index < -0.39 is 0 Å². The number of rotatable bonds is 4. The van der Waals surface area contributed by atoms with Crippen LogP contribution in [0.4, 0.5) is 4.39 Å². The van der Waals surface area contributed by atoms with Gasteiger partial charge in [0.1, 0.15) is 5.82 Å². The van der Waals surface area contributed by atoms with Gasteiger partial charge in [-0.25, -0.2) is 4.39 Å². The highest BCUT2D eigenvalue weighted by atomic mass is 79.9. The first-order chi connectivity index (χ1) is 8.63. The van der Waals surface area contributed by atoms with Crippen molar-refractivity contribution in [3.05, 3.63) is 35.6 Å². The first-order valence-electron chi connectivity index (χ1n) is 6.25. The van der Waals surface area contributed by atoms with Gasteiger partial charge in [0.25, 0.3) is 0 Å². The van der Waals surface area contributed by atoms with E-state index in [0.717, 1.165) is 36.6 Å². The third-order valence-corrected chi connectivity index (χ3v) is 4.55. The molecule has 2 nitrogen and oxygen atoms in total. The Morgan fingerprint density at radius 3 is 2.72 bits per heavy atom. The van der Waals surface area contributed by atoms with Crippen molar-refractivity contribution in [1.29, 1.82) is 0 Å². The number of hydrogen-bond acceptors (Lipinski definition) is 1. The second-order valence-electron chi connectivity index (χ2n) is 4.98. The summed E-state index contributed by atoms with van der Waals surface area (Å²) in [6, 6.07) is 6.21. The van der Waals surface area contributed by atoms with Crippen LogP contribution in [0.2, 0.25) is 0 Å². The van der Waals surface area contributed by atoms with Gasteiger partial charge >= 0.3 is 0 Å². The fourth-order valence-corrected chi connectivity index (χ4v) is 3.22. The Labute approximate surface area is 115 Å². The van der Waals surface area contributed by atoms with Crippen molar-refractivity contribution in [2.24, 2.45) is 0 Å². The van der Waals surface area contributed by atoms with Crippen molar-refractivity contribution in [2.75, 3.05) is 5.33 Å². The molecule has 0 saturated heterocycles. The van der Waals surface area contributed by atoms with Crippen molar-refractivity contribution in [3.8, 4) is 0 Å². The van der Waals surface area contributed by atoms with E-state index in [1.54, 1.807) is 12.1 Å². The lowest BCUT2D eigenvalue weighted by Crippen LogP contribution is -2.48. The quantitative estimate of drug-likeness (QED) is 0.850. The number of halogens is 2. The molecular weight excluding hydrogens is 297 g/mol. The van der Waals surface area contributed by atoms with E-state index in [1.165, 1.54) is 12.1 Å². The lowest BCUT2D eigenvalue weighted by molar-refractivity contribution is -0.122. The maximum Gasteiger partial charge on any atom is 0.224 e. The van der Waals surface area contributed by atoms with Crippen LogP contribution >= 0.6 is 15.9 Å². The molecule has 0 aromatic heterocycles. The van der Waals surface area contributed by atoms with Crippen molar-refractivity contribution in [3.63, 3.8) is 0 Å². The Kier molecular flexibility index (Phi) is 4.38. The molecular formula is C14H17BrFNO. The molecule has 0 spiro atoms. The number of amides is 1. The van der Waals surface area contributed by atoms with Gasteiger partial charge in [-0.15, -0.1) is 0 Å². The van der Waals surface area contributed by atoms with Crippen molar-refractivity contribution in [1.82, 2.24) is 5.32 Å². The molecule has 1 fully saturated rings. The largest absolute Gasteiger partial charge is 0.350 e. The Morgan fingerprint density at radius 1 is 1.39 bits per heavy atom. The third kappa shape index (κ3) is 3.31. The number of benzene rings is 1. The maximum absolute atomic E-state index is 13.0. The second-order valence-corrected chi connectivity index (χ2v) is 5.54. The number of carbonyl (C=O) groups is 1. The van der Waals surface area contributed by atoms with E-state index in [0.29, 0.717) is 0 Å². The second kappa shape index (κ2) is 5.83. The lowest BCUT2D eigenvalue weighted by atomic mass is 10.00. The zero-order valence-electron chi connectivity index (χ0n) is 10.2. The molecule has 0 bridgehead atoms. The van der Waals surface area contributed by atoms with Crippen molar-refractivity contribution in [2.45, 2.75) is 37.6 Å². The minimum atomic E-state index is -0.295. The molecule has 0 atom stereocenters. The zero-order valence-corrected chi connectivity index (χ0v) is 11.8. The van der Waals surface area contributed by atoms with E-state index in [4.69, 9.17) is 0 Å². The molecule has 1 aliphatic carbocycles. The fourth-order valence-electron chi connectivity index (χ4n) is 2.52. The number of alkyl halides is 1. The molecule has 0 aliphatic heterocycles. The van der Waals surface area contributed by atoms with E-state index in [9.17, 15) is 9.18 Å². The highest BCUT2D eigenvalue weighted by Gasteiger charge is 2.33. The smallest absolute Gasteiger partial charge is 0.224 e. The SMILES string of the molecule is O=C(Cc1cccc(F)c1)NC1(CBr)CCCC1. The van der Waals surface area contributed by atoms with Gasteiger partial charge in [-0.3, -0.25) is 4.79 Å². The molecule has 1 aromatic carbocycles. The number of nitrogens with one attached hydrogen (secondary N) is 1. The number of hydrogen-bond donors (Lipinski definition) is 1. The monoisotopic (exact) mass is 313 g/mol. The molecule has 1 aliphatic rings. The van der Waals surface area contributed by atoms with Crippen LogP contribution in [0.5, 0.6) is 0 Å². The van der Waals surface area contributed by atoms with Crippen LogP contribution in [0, 0.1) is 5.82 Å². The molecule has 1 N–H and O–H groups in total. The van der Waals surface area contributed by atoms with Crippen LogP contribution in [-0.2, 0) is 11.2 Å². The average molecular weight is 314 g/mol. The third-order valence-electron chi connectivity index (χ3n) is 3.47. The van der Waals surface area contributed by atoms with Gasteiger partial charge < -0.3 is 5.32 Å². The molecule has 18 heavy (non-hydrogen) atoms. The van der Waals surface area contributed by atoms with Gasteiger partial charge in [0, 0.05) is 10.9 Å². The molecule has 0 unspecified atom stereocenters. The van der Waals surface area contributed by atoms with Gasteiger partial charge in [0.15, 0.2) is 0 Å². The molecule has 98 valence electrons. The molecule has 1 saturated carbocycles. The number of carbonyl (C=O) groups excluding carboxylic acids is 1. The normalized spacial score (nSPS) is 17.7. The van der Waals surface area contributed by atoms with Crippen LogP contribution in [0.25, 0.3) is 0 Å². The summed E-state index contributed by atoms with van der Waals surface area (Å²) < 4.78 is 13.0. The highest BCUT2D eigenvalue weighted by Crippen LogP contribution is 2.31. The maximum atomic E-state index is 13.0. The standard InChI is InChI=1S/C14H17BrFNO/c15-10-14(6-1-2-7-14)17-13(18)9-11-4-3-5-12(16)8-11/h3-5,8H,1-2,6-7,9-10H2,(H,17,18). The molecule has 1 aromatic rings. The van der Waals surface area contributed by atoms with Crippen molar-refractivity contribution < 1.29 is 9.18 Å². The van der Waals surface area contributed by atoms with Crippen LogP contribution in [0.3, 0.4) is 0 Å². The summed E-state index contributed by atoms with van der Waals surface area (Å²) in [4.78, 5) is 12.0. The van der Waals surface area contributed by atoms with E-state index >= 15 is 0 Å². The van der Waals surface area contributed by atoms with Crippen LogP contribution in [0.15, 0.2) is 24.3 Å². The van der Waals surface area contributed by atoms with E-state index in [-0.39, 0.29) is 23.7 Å². The van der Waals surface area contributed by atoms with Gasteiger partial charge in [-0.2, -0.15) is 0 Å². The van der Waals surface area contributed by atoms with E-state index in [2.05, 4.69) is 21.2 Å². The lowest BCUT2D eigenvalue weighted by Gasteiger charge is -2.28. The van der Waals surface area contributed by atoms with Gasteiger partial charge in [0.2, 0.25) is 5.91 Å².